The normalized spacial score (nSPS) is 17.1. The van der Waals surface area contributed by atoms with Gasteiger partial charge in [0.25, 0.3) is 11.8 Å². The molecule has 0 bridgehead atoms. The molecule has 1 aliphatic heterocycles. The third-order valence-electron chi connectivity index (χ3n) is 5.63. The van der Waals surface area contributed by atoms with Crippen LogP contribution in [0.3, 0.4) is 0 Å². The van der Waals surface area contributed by atoms with Crippen molar-refractivity contribution < 1.29 is 9.59 Å². The molecule has 28 heavy (non-hydrogen) atoms. The largest absolute Gasteiger partial charge is 0.366 e. The predicted molar refractivity (Wildman–Crippen MR) is 112 cm³/mol. The van der Waals surface area contributed by atoms with Crippen molar-refractivity contribution in [2.24, 2.45) is 5.73 Å². The molecule has 0 spiro atoms. The fourth-order valence-electron chi connectivity index (χ4n) is 3.92. The SMILES string of the molecule is Cc1scc(C(=O)N2CCCC(c3nc4ccccc4cc3C(N)=O)C2)c1C. The van der Waals surface area contributed by atoms with Crippen LogP contribution >= 0.6 is 11.3 Å². The Kier molecular flexibility index (Phi) is 4.89. The van der Waals surface area contributed by atoms with Crippen molar-refractivity contribution in [1.82, 2.24) is 9.88 Å². The first-order valence-corrected chi connectivity index (χ1v) is 10.4. The first kappa shape index (κ1) is 18.6. The van der Waals surface area contributed by atoms with Crippen LogP contribution in [0.25, 0.3) is 10.9 Å². The van der Waals surface area contributed by atoms with E-state index in [9.17, 15) is 9.59 Å². The Balaban J connectivity index is 1.68. The lowest BCUT2D eigenvalue weighted by Gasteiger charge is -2.33. The van der Waals surface area contributed by atoms with Gasteiger partial charge >= 0.3 is 0 Å². The van der Waals surface area contributed by atoms with E-state index in [1.165, 1.54) is 4.88 Å². The van der Waals surface area contributed by atoms with Gasteiger partial charge in [-0.25, -0.2) is 0 Å². The summed E-state index contributed by atoms with van der Waals surface area (Å²) < 4.78 is 0. The maximum absolute atomic E-state index is 13.1. The van der Waals surface area contributed by atoms with Crippen LogP contribution in [0.2, 0.25) is 0 Å². The van der Waals surface area contributed by atoms with Crippen LogP contribution in [-0.2, 0) is 0 Å². The molecule has 2 N–H and O–H groups in total. The summed E-state index contributed by atoms with van der Waals surface area (Å²) in [5, 5.41) is 2.84. The predicted octanol–water partition coefficient (Wildman–Crippen LogP) is 4.03. The van der Waals surface area contributed by atoms with Gasteiger partial charge in [0.1, 0.15) is 0 Å². The number of likely N-dealkylation sites (tertiary alicyclic amines) is 1. The highest BCUT2D eigenvalue weighted by Crippen LogP contribution is 2.31. The van der Waals surface area contributed by atoms with Gasteiger partial charge in [-0.3, -0.25) is 14.6 Å². The van der Waals surface area contributed by atoms with E-state index in [2.05, 4.69) is 0 Å². The number of aromatic nitrogens is 1. The molecule has 144 valence electrons. The number of hydrogen-bond donors (Lipinski definition) is 1. The molecule has 2 amide bonds. The molecule has 6 heteroatoms. The quantitative estimate of drug-likeness (QED) is 0.730. The molecule has 1 saturated heterocycles. The molecule has 0 aliphatic carbocycles. The summed E-state index contributed by atoms with van der Waals surface area (Å²) in [6.07, 6.45) is 1.77. The second kappa shape index (κ2) is 7.36. The zero-order valence-electron chi connectivity index (χ0n) is 16.1. The topological polar surface area (TPSA) is 76.3 Å². The zero-order chi connectivity index (χ0) is 19.8. The van der Waals surface area contributed by atoms with Crippen LogP contribution in [-0.4, -0.2) is 34.8 Å². The Morgan fingerprint density at radius 3 is 2.71 bits per heavy atom. The van der Waals surface area contributed by atoms with Crippen molar-refractivity contribution in [1.29, 1.82) is 0 Å². The number of primary amides is 1. The van der Waals surface area contributed by atoms with Gasteiger partial charge in [0.15, 0.2) is 0 Å². The van der Waals surface area contributed by atoms with Gasteiger partial charge in [0.2, 0.25) is 0 Å². The number of pyridine rings is 1. The summed E-state index contributed by atoms with van der Waals surface area (Å²) in [5.74, 6) is -0.404. The summed E-state index contributed by atoms with van der Waals surface area (Å²) >= 11 is 1.61. The number of nitrogens with two attached hydrogens (primary N) is 1. The number of nitrogens with zero attached hydrogens (tertiary/aromatic N) is 2. The molecule has 1 atom stereocenters. The Bertz CT molecular complexity index is 1070. The molecule has 1 aromatic carbocycles. The minimum Gasteiger partial charge on any atom is -0.366 e. The van der Waals surface area contributed by atoms with Crippen LogP contribution in [0.15, 0.2) is 35.7 Å². The molecule has 1 unspecified atom stereocenters. The van der Waals surface area contributed by atoms with Crippen molar-refractivity contribution in [3.63, 3.8) is 0 Å². The van der Waals surface area contributed by atoms with E-state index in [4.69, 9.17) is 10.7 Å². The van der Waals surface area contributed by atoms with Gasteiger partial charge in [-0.05, 0) is 44.4 Å². The molecule has 3 aromatic rings. The summed E-state index contributed by atoms with van der Waals surface area (Å²) in [6.45, 7) is 5.31. The van der Waals surface area contributed by atoms with E-state index in [0.29, 0.717) is 17.8 Å². The number of amides is 2. The zero-order valence-corrected chi connectivity index (χ0v) is 16.9. The molecular weight excluding hydrogens is 370 g/mol. The van der Waals surface area contributed by atoms with Crippen LogP contribution in [0, 0.1) is 13.8 Å². The van der Waals surface area contributed by atoms with Gasteiger partial charge in [-0.15, -0.1) is 11.3 Å². The van der Waals surface area contributed by atoms with Crippen molar-refractivity contribution in [2.45, 2.75) is 32.6 Å². The Morgan fingerprint density at radius 1 is 1.21 bits per heavy atom. The summed E-state index contributed by atoms with van der Waals surface area (Å²) in [4.78, 5) is 33.0. The van der Waals surface area contributed by atoms with Crippen LogP contribution < -0.4 is 5.73 Å². The van der Waals surface area contributed by atoms with Crippen LogP contribution in [0.4, 0.5) is 0 Å². The molecule has 5 nitrogen and oxygen atoms in total. The minimum absolute atomic E-state index is 0.00449. The number of carbonyl (C=O) groups is 2. The number of rotatable bonds is 3. The van der Waals surface area contributed by atoms with Gasteiger partial charge in [-0.1, -0.05) is 18.2 Å². The highest BCUT2D eigenvalue weighted by molar-refractivity contribution is 7.10. The Labute approximate surface area is 168 Å². The number of fused-ring (bicyclic) bond motifs is 1. The molecule has 4 rings (SSSR count). The summed E-state index contributed by atoms with van der Waals surface area (Å²) in [6, 6.07) is 9.54. The van der Waals surface area contributed by atoms with Crippen molar-refractivity contribution in [3.05, 3.63) is 63.0 Å². The number of thiophene rings is 1. The molecule has 0 saturated carbocycles. The molecule has 2 aromatic heterocycles. The van der Waals surface area contributed by atoms with Crippen LogP contribution in [0.1, 0.15) is 55.6 Å². The van der Waals surface area contributed by atoms with E-state index < -0.39 is 5.91 Å². The number of benzene rings is 1. The fraction of sp³-hybridized carbons (Fsp3) is 0.318. The number of carbonyl (C=O) groups excluding carboxylic acids is 2. The standard InChI is InChI=1S/C22H23N3O2S/c1-13-14(2)28-12-18(13)22(27)25-9-5-7-16(11-25)20-17(21(23)26)10-15-6-3-4-8-19(15)24-20/h3-4,6,8,10,12,16H,5,7,9,11H2,1-2H3,(H2,23,26). The number of aryl methyl sites for hydroxylation is 1. The maximum Gasteiger partial charge on any atom is 0.254 e. The minimum atomic E-state index is -0.471. The van der Waals surface area contributed by atoms with E-state index >= 15 is 0 Å². The lowest BCUT2D eigenvalue weighted by Crippen LogP contribution is -2.40. The van der Waals surface area contributed by atoms with Crippen molar-refractivity contribution >= 4 is 34.1 Å². The third kappa shape index (κ3) is 3.29. The van der Waals surface area contributed by atoms with Gasteiger partial charge in [0.05, 0.1) is 22.3 Å². The number of piperidine rings is 1. The van der Waals surface area contributed by atoms with E-state index in [1.807, 2.05) is 54.5 Å². The highest BCUT2D eigenvalue weighted by atomic mass is 32.1. The third-order valence-corrected chi connectivity index (χ3v) is 6.64. The molecular formula is C22H23N3O2S. The lowest BCUT2D eigenvalue weighted by molar-refractivity contribution is 0.0705. The van der Waals surface area contributed by atoms with E-state index in [0.717, 1.165) is 41.4 Å². The second-order valence-corrected chi connectivity index (χ2v) is 8.48. The van der Waals surface area contributed by atoms with Gasteiger partial charge in [0, 0.05) is 34.7 Å². The highest BCUT2D eigenvalue weighted by Gasteiger charge is 2.30. The Morgan fingerprint density at radius 2 is 2.00 bits per heavy atom. The molecule has 0 radical (unpaired) electrons. The monoisotopic (exact) mass is 393 g/mol. The van der Waals surface area contributed by atoms with Crippen molar-refractivity contribution in [3.8, 4) is 0 Å². The van der Waals surface area contributed by atoms with Gasteiger partial charge < -0.3 is 10.6 Å². The smallest absolute Gasteiger partial charge is 0.254 e. The fourth-order valence-corrected chi connectivity index (χ4v) is 4.78. The molecule has 1 fully saturated rings. The second-order valence-electron chi connectivity index (χ2n) is 7.40. The average molecular weight is 394 g/mol. The maximum atomic E-state index is 13.1. The van der Waals surface area contributed by atoms with Gasteiger partial charge in [-0.2, -0.15) is 0 Å². The summed E-state index contributed by atoms with van der Waals surface area (Å²) in [5.41, 5.74) is 9.51. The van der Waals surface area contributed by atoms with E-state index in [-0.39, 0.29) is 11.8 Å². The average Bonchev–Trinajstić information content (AvgIpc) is 3.05. The number of hydrogen-bond acceptors (Lipinski definition) is 4. The van der Waals surface area contributed by atoms with Crippen molar-refractivity contribution in [2.75, 3.05) is 13.1 Å². The first-order chi connectivity index (χ1) is 13.5. The molecule has 3 heterocycles. The molecule has 1 aliphatic rings. The number of para-hydroxylation sites is 1. The van der Waals surface area contributed by atoms with E-state index in [1.54, 1.807) is 11.3 Å². The first-order valence-electron chi connectivity index (χ1n) is 9.49. The summed E-state index contributed by atoms with van der Waals surface area (Å²) in [7, 11) is 0. The Hall–Kier alpha value is -2.73. The van der Waals surface area contributed by atoms with Crippen LogP contribution in [0.5, 0.6) is 0 Å². The lowest BCUT2D eigenvalue weighted by atomic mass is 9.90.